The molecule has 22 heavy (non-hydrogen) atoms. The zero-order chi connectivity index (χ0) is 15.9. The fourth-order valence-corrected chi connectivity index (χ4v) is 1.94. The quantitative estimate of drug-likeness (QED) is 0.890. The second kappa shape index (κ2) is 7.47. The molecule has 0 fully saturated rings. The number of halogens is 1. The highest BCUT2D eigenvalue weighted by molar-refractivity contribution is 6.32. The minimum atomic E-state index is -0.312. The van der Waals surface area contributed by atoms with E-state index in [9.17, 15) is 9.59 Å². The number of carbonyl (C=O) groups is 2. The van der Waals surface area contributed by atoms with Crippen molar-refractivity contribution < 1.29 is 14.3 Å². The summed E-state index contributed by atoms with van der Waals surface area (Å²) >= 11 is 5.93. The molecule has 0 aliphatic heterocycles. The summed E-state index contributed by atoms with van der Waals surface area (Å²) in [6.45, 7) is -0.152. The van der Waals surface area contributed by atoms with Crippen LogP contribution in [0.15, 0.2) is 48.5 Å². The largest absolute Gasteiger partial charge is 0.482 e. The Labute approximate surface area is 133 Å². The van der Waals surface area contributed by atoms with E-state index in [1.807, 2.05) is 0 Å². The Morgan fingerprint density at radius 2 is 1.77 bits per heavy atom. The van der Waals surface area contributed by atoms with Gasteiger partial charge in [-0.05, 0) is 36.4 Å². The number of hydrogen-bond acceptors (Lipinski definition) is 3. The first-order valence-corrected chi connectivity index (χ1v) is 6.97. The van der Waals surface area contributed by atoms with Gasteiger partial charge >= 0.3 is 0 Å². The molecule has 0 saturated carbocycles. The van der Waals surface area contributed by atoms with Crippen LogP contribution in [0.25, 0.3) is 0 Å². The van der Waals surface area contributed by atoms with Gasteiger partial charge in [0.2, 0.25) is 0 Å². The summed E-state index contributed by atoms with van der Waals surface area (Å²) in [6, 6.07) is 13.5. The highest BCUT2D eigenvalue weighted by Gasteiger charge is 2.07. The molecule has 0 spiro atoms. The molecule has 2 aromatic carbocycles. The molecule has 0 atom stereocenters. The fraction of sp³-hybridized carbons (Fsp3) is 0.125. The Morgan fingerprint density at radius 1 is 1.09 bits per heavy atom. The molecule has 2 amide bonds. The lowest BCUT2D eigenvalue weighted by Crippen LogP contribution is -2.20. The first kappa shape index (κ1) is 15.9. The van der Waals surface area contributed by atoms with E-state index in [2.05, 4.69) is 10.6 Å². The lowest BCUT2D eigenvalue weighted by Gasteiger charge is -2.09. The van der Waals surface area contributed by atoms with Crippen LogP contribution in [0.1, 0.15) is 10.4 Å². The van der Waals surface area contributed by atoms with Crippen LogP contribution in [-0.2, 0) is 4.79 Å². The summed E-state index contributed by atoms with van der Waals surface area (Å²) in [5, 5.41) is 5.65. The number of anilines is 1. The summed E-state index contributed by atoms with van der Waals surface area (Å²) in [5.74, 6) is -0.0400. The minimum Gasteiger partial charge on any atom is -0.482 e. The number of carbonyl (C=O) groups excluding carboxylic acids is 2. The third-order valence-electron chi connectivity index (χ3n) is 2.85. The van der Waals surface area contributed by atoms with E-state index >= 15 is 0 Å². The number of rotatable bonds is 5. The van der Waals surface area contributed by atoms with Crippen molar-refractivity contribution >= 4 is 29.1 Å². The molecule has 5 nitrogen and oxygen atoms in total. The Balaban J connectivity index is 1.89. The van der Waals surface area contributed by atoms with Crippen LogP contribution in [0.4, 0.5) is 5.69 Å². The third-order valence-corrected chi connectivity index (χ3v) is 3.17. The topological polar surface area (TPSA) is 67.4 Å². The standard InChI is InChI=1S/C16H15ClN2O3/c1-18-16(21)11-6-8-12(9-7-11)19-15(20)10-22-14-5-3-2-4-13(14)17/h2-9H,10H2,1H3,(H,18,21)(H,19,20). The van der Waals surface area contributed by atoms with E-state index < -0.39 is 0 Å². The van der Waals surface area contributed by atoms with Crippen molar-refractivity contribution in [2.45, 2.75) is 0 Å². The molecule has 0 unspecified atom stereocenters. The van der Waals surface area contributed by atoms with Gasteiger partial charge in [0.15, 0.2) is 6.61 Å². The number of nitrogens with one attached hydrogen (secondary N) is 2. The van der Waals surface area contributed by atoms with Crippen molar-refractivity contribution in [1.82, 2.24) is 5.32 Å². The predicted molar refractivity (Wildman–Crippen MR) is 85.4 cm³/mol. The van der Waals surface area contributed by atoms with Gasteiger partial charge in [-0.2, -0.15) is 0 Å². The van der Waals surface area contributed by atoms with Crippen molar-refractivity contribution in [1.29, 1.82) is 0 Å². The zero-order valence-corrected chi connectivity index (χ0v) is 12.7. The lowest BCUT2D eigenvalue weighted by atomic mass is 10.2. The van der Waals surface area contributed by atoms with E-state index in [1.165, 1.54) is 0 Å². The molecular weight excluding hydrogens is 304 g/mol. The molecule has 2 N–H and O–H groups in total. The van der Waals surface area contributed by atoms with Gasteiger partial charge in [0.25, 0.3) is 11.8 Å². The number of para-hydroxylation sites is 1. The van der Waals surface area contributed by atoms with Crippen molar-refractivity contribution in [2.75, 3.05) is 19.0 Å². The molecular formula is C16H15ClN2O3. The Hall–Kier alpha value is -2.53. The number of hydrogen-bond donors (Lipinski definition) is 2. The monoisotopic (exact) mass is 318 g/mol. The molecule has 114 valence electrons. The van der Waals surface area contributed by atoms with Crippen LogP contribution >= 0.6 is 11.6 Å². The van der Waals surface area contributed by atoms with Gasteiger partial charge in [-0.15, -0.1) is 0 Å². The van der Waals surface area contributed by atoms with Crippen LogP contribution in [-0.4, -0.2) is 25.5 Å². The second-order valence-electron chi connectivity index (χ2n) is 4.42. The number of ether oxygens (including phenoxy) is 1. The summed E-state index contributed by atoms with van der Waals surface area (Å²) in [4.78, 5) is 23.2. The highest BCUT2D eigenvalue weighted by Crippen LogP contribution is 2.22. The van der Waals surface area contributed by atoms with Crippen molar-refractivity contribution in [3.63, 3.8) is 0 Å². The van der Waals surface area contributed by atoms with E-state index in [1.54, 1.807) is 55.6 Å². The summed E-state index contributed by atoms with van der Waals surface area (Å²) in [6.07, 6.45) is 0. The van der Waals surface area contributed by atoms with Crippen molar-refractivity contribution in [3.05, 3.63) is 59.1 Å². The van der Waals surface area contributed by atoms with Gasteiger partial charge in [-0.25, -0.2) is 0 Å². The van der Waals surface area contributed by atoms with E-state index in [0.29, 0.717) is 22.0 Å². The lowest BCUT2D eigenvalue weighted by molar-refractivity contribution is -0.118. The second-order valence-corrected chi connectivity index (χ2v) is 4.83. The normalized spacial score (nSPS) is 9.91. The fourth-order valence-electron chi connectivity index (χ4n) is 1.75. The number of amides is 2. The third kappa shape index (κ3) is 4.23. The van der Waals surface area contributed by atoms with Gasteiger partial charge < -0.3 is 15.4 Å². The maximum absolute atomic E-state index is 11.8. The Morgan fingerprint density at radius 3 is 2.41 bits per heavy atom. The van der Waals surface area contributed by atoms with Crippen LogP contribution in [0.3, 0.4) is 0 Å². The van der Waals surface area contributed by atoms with E-state index in [-0.39, 0.29) is 18.4 Å². The SMILES string of the molecule is CNC(=O)c1ccc(NC(=O)COc2ccccc2Cl)cc1. The number of benzene rings is 2. The van der Waals surface area contributed by atoms with Gasteiger partial charge in [-0.1, -0.05) is 23.7 Å². The van der Waals surface area contributed by atoms with Gasteiger partial charge in [0.05, 0.1) is 5.02 Å². The van der Waals surface area contributed by atoms with Crippen LogP contribution in [0, 0.1) is 0 Å². The molecule has 0 saturated heterocycles. The van der Waals surface area contributed by atoms with Crippen LogP contribution < -0.4 is 15.4 Å². The zero-order valence-electron chi connectivity index (χ0n) is 11.9. The highest BCUT2D eigenvalue weighted by atomic mass is 35.5. The Bertz CT molecular complexity index is 671. The van der Waals surface area contributed by atoms with Gasteiger partial charge in [0.1, 0.15) is 5.75 Å². The summed E-state index contributed by atoms with van der Waals surface area (Å²) in [7, 11) is 1.56. The van der Waals surface area contributed by atoms with Gasteiger partial charge in [0, 0.05) is 18.3 Å². The molecule has 0 aromatic heterocycles. The van der Waals surface area contributed by atoms with Crippen LogP contribution in [0.2, 0.25) is 5.02 Å². The minimum absolute atomic E-state index is 0.152. The summed E-state index contributed by atoms with van der Waals surface area (Å²) < 4.78 is 5.34. The van der Waals surface area contributed by atoms with E-state index in [4.69, 9.17) is 16.3 Å². The Kier molecular flexibility index (Phi) is 5.38. The molecule has 0 aliphatic rings. The first-order valence-electron chi connectivity index (χ1n) is 6.59. The maximum atomic E-state index is 11.8. The van der Waals surface area contributed by atoms with Crippen molar-refractivity contribution in [2.24, 2.45) is 0 Å². The average Bonchev–Trinajstić information content (AvgIpc) is 2.54. The van der Waals surface area contributed by atoms with E-state index in [0.717, 1.165) is 0 Å². The molecule has 0 aliphatic carbocycles. The molecule has 0 bridgehead atoms. The molecule has 0 radical (unpaired) electrons. The average molecular weight is 319 g/mol. The molecule has 2 rings (SSSR count). The molecule has 6 heteroatoms. The summed E-state index contributed by atoms with van der Waals surface area (Å²) in [5.41, 5.74) is 1.10. The molecule has 0 heterocycles. The van der Waals surface area contributed by atoms with Crippen LogP contribution in [0.5, 0.6) is 5.75 Å². The van der Waals surface area contributed by atoms with Gasteiger partial charge in [-0.3, -0.25) is 9.59 Å². The predicted octanol–water partition coefficient (Wildman–Crippen LogP) is 2.72. The first-order chi connectivity index (χ1) is 10.6. The van der Waals surface area contributed by atoms with Crippen molar-refractivity contribution in [3.8, 4) is 5.75 Å². The molecule has 2 aromatic rings. The maximum Gasteiger partial charge on any atom is 0.262 e. The smallest absolute Gasteiger partial charge is 0.262 e.